The lowest BCUT2D eigenvalue weighted by Gasteiger charge is -2.23. The Morgan fingerprint density at radius 1 is 1.53 bits per heavy atom. The van der Waals surface area contributed by atoms with Gasteiger partial charge in [0.05, 0.1) is 17.2 Å². The molecule has 0 radical (unpaired) electrons. The summed E-state index contributed by atoms with van der Waals surface area (Å²) in [7, 11) is -3.80. The number of hydrogen-bond donors (Lipinski definition) is 1. The summed E-state index contributed by atoms with van der Waals surface area (Å²) in [6.45, 7) is 0.132. The van der Waals surface area contributed by atoms with Crippen LogP contribution in [0.1, 0.15) is 18.4 Å². The molecule has 102 valence electrons. The molecule has 0 saturated carbocycles. The topological polar surface area (TPSA) is 81.4 Å². The van der Waals surface area contributed by atoms with Crippen LogP contribution in [0, 0.1) is 11.3 Å². The van der Waals surface area contributed by atoms with Crippen molar-refractivity contribution in [3.63, 3.8) is 0 Å². The number of hydrogen-bond acceptors (Lipinski definition) is 4. The van der Waals surface area contributed by atoms with Crippen LogP contribution in [-0.4, -0.2) is 37.0 Å². The summed E-state index contributed by atoms with van der Waals surface area (Å²) >= 11 is 5.86. The van der Waals surface area contributed by atoms with Gasteiger partial charge >= 0.3 is 0 Å². The molecule has 0 bridgehead atoms. The van der Waals surface area contributed by atoms with Crippen LogP contribution in [0.3, 0.4) is 0 Å². The predicted octanol–water partition coefficient (Wildman–Crippen LogP) is 1.36. The minimum absolute atomic E-state index is 0.0484. The zero-order valence-electron chi connectivity index (χ0n) is 10.1. The summed E-state index contributed by atoms with van der Waals surface area (Å²) in [5.74, 6) is 0. The molecule has 1 aromatic rings. The number of aliphatic hydroxyl groups excluding tert-OH is 1. The Balaban J connectivity index is 2.52. The molecule has 5 nitrogen and oxygen atoms in total. The average molecular weight is 301 g/mol. The lowest BCUT2D eigenvalue weighted by molar-refractivity contribution is 0.213. The lowest BCUT2D eigenvalue weighted by Crippen LogP contribution is -2.37. The highest BCUT2D eigenvalue weighted by Gasteiger charge is 2.36. The standard InChI is InChI=1S/C12H13ClN2O3S/c13-11-4-1-5-12(10(11)7-14)19(17,18)15-6-2-3-9(15)8-16/h1,4-5,9,16H,2-3,6,8H2/t9-/m0/s1. The van der Waals surface area contributed by atoms with Crippen molar-refractivity contribution in [1.29, 1.82) is 5.26 Å². The lowest BCUT2D eigenvalue weighted by atomic mass is 10.2. The molecule has 1 aromatic carbocycles. The molecular weight excluding hydrogens is 288 g/mol. The first-order valence-corrected chi connectivity index (χ1v) is 7.65. The summed E-state index contributed by atoms with van der Waals surface area (Å²) in [6.07, 6.45) is 1.32. The van der Waals surface area contributed by atoms with Crippen molar-refractivity contribution in [2.75, 3.05) is 13.2 Å². The van der Waals surface area contributed by atoms with Crippen LogP contribution in [0.2, 0.25) is 5.02 Å². The molecule has 1 N–H and O–H groups in total. The van der Waals surface area contributed by atoms with Gasteiger partial charge in [0.25, 0.3) is 0 Å². The summed E-state index contributed by atoms with van der Waals surface area (Å²) in [5.41, 5.74) is -0.0484. The molecule has 0 aliphatic carbocycles. The van der Waals surface area contributed by atoms with Crippen LogP contribution in [0.5, 0.6) is 0 Å². The van der Waals surface area contributed by atoms with Gasteiger partial charge < -0.3 is 5.11 Å². The monoisotopic (exact) mass is 300 g/mol. The smallest absolute Gasteiger partial charge is 0.244 e. The second kappa shape index (κ2) is 5.47. The zero-order valence-corrected chi connectivity index (χ0v) is 11.7. The van der Waals surface area contributed by atoms with E-state index >= 15 is 0 Å². The third-order valence-corrected chi connectivity index (χ3v) is 5.52. The number of halogens is 1. The van der Waals surface area contributed by atoms with E-state index in [0.29, 0.717) is 19.4 Å². The van der Waals surface area contributed by atoms with Crippen LogP contribution in [-0.2, 0) is 10.0 Å². The van der Waals surface area contributed by atoms with Crippen molar-refractivity contribution in [3.05, 3.63) is 28.8 Å². The van der Waals surface area contributed by atoms with E-state index in [-0.39, 0.29) is 22.1 Å². The van der Waals surface area contributed by atoms with Gasteiger partial charge in [-0.3, -0.25) is 0 Å². The average Bonchev–Trinajstić information content (AvgIpc) is 2.87. The SMILES string of the molecule is N#Cc1c(Cl)cccc1S(=O)(=O)N1CCC[C@H]1CO. The molecule has 1 fully saturated rings. The third-order valence-electron chi connectivity index (χ3n) is 3.21. The van der Waals surface area contributed by atoms with Crippen LogP contribution < -0.4 is 0 Å². The van der Waals surface area contributed by atoms with Gasteiger partial charge in [0, 0.05) is 12.6 Å². The Hall–Kier alpha value is -1.13. The summed E-state index contributed by atoms with van der Waals surface area (Å²) < 4.78 is 26.3. The van der Waals surface area contributed by atoms with Gasteiger partial charge in [-0.25, -0.2) is 8.42 Å². The summed E-state index contributed by atoms with van der Waals surface area (Å²) in [6, 6.07) is 5.75. The second-order valence-electron chi connectivity index (χ2n) is 4.32. The Labute approximate surface area is 117 Å². The van der Waals surface area contributed by atoms with Gasteiger partial charge in [0.15, 0.2) is 0 Å². The van der Waals surface area contributed by atoms with Crippen molar-refractivity contribution in [3.8, 4) is 6.07 Å². The molecular formula is C12H13ClN2O3S. The Morgan fingerprint density at radius 3 is 2.89 bits per heavy atom. The van der Waals surface area contributed by atoms with Gasteiger partial charge in [0.2, 0.25) is 10.0 Å². The highest BCUT2D eigenvalue weighted by Crippen LogP contribution is 2.30. The maximum Gasteiger partial charge on any atom is 0.244 e. The highest BCUT2D eigenvalue weighted by atomic mass is 35.5. The molecule has 7 heteroatoms. The van der Waals surface area contributed by atoms with Crippen LogP contribution in [0.15, 0.2) is 23.1 Å². The maximum absolute atomic E-state index is 12.5. The van der Waals surface area contributed by atoms with Crippen LogP contribution in [0.4, 0.5) is 0 Å². The quantitative estimate of drug-likeness (QED) is 0.914. The molecule has 0 spiro atoms. The second-order valence-corrected chi connectivity index (χ2v) is 6.59. The Bertz CT molecular complexity index is 624. The first-order valence-electron chi connectivity index (χ1n) is 5.83. The number of aliphatic hydroxyl groups is 1. The molecule has 1 aliphatic heterocycles. The third kappa shape index (κ3) is 2.47. The van der Waals surface area contributed by atoms with Crippen molar-refractivity contribution in [2.45, 2.75) is 23.8 Å². The molecule has 1 atom stereocenters. The fraction of sp³-hybridized carbons (Fsp3) is 0.417. The minimum Gasteiger partial charge on any atom is -0.395 e. The number of nitrogens with zero attached hydrogens (tertiary/aromatic N) is 2. The Morgan fingerprint density at radius 2 is 2.26 bits per heavy atom. The van der Waals surface area contributed by atoms with Crippen LogP contribution >= 0.6 is 11.6 Å². The fourth-order valence-corrected chi connectivity index (χ4v) is 4.39. The van der Waals surface area contributed by atoms with E-state index in [9.17, 15) is 13.5 Å². The van der Waals surface area contributed by atoms with Crippen molar-refractivity contribution >= 4 is 21.6 Å². The number of nitriles is 1. The summed E-state index contributed by atoms with van der Waals surface area (Å²) in [4.78, 5) is -0.0946. The number of benzene rings is 1. The normalized spacial score (nSPS) is 20.4. The molecule has 1 heterocycles. The number of sulfonamides is 1. The largest absolute Gasteiger partial charge is 0.395 e. The van der Waals surface area contributed by atoms with E-state index in [1.165, 1.54) is 22.5 Å². The van der Waals surface area contributed by atoms with Gasteiger partial charge in [0.1, 0.15) is 11.0 Å². The van der Waals surface area contributed by atoms with E-state index in [4.69, 9.17) is 16.9 Å². The first-order chi connectivity index (χ1) is 9.02. The van der Waals surface area contributed by atoms with Crippen molar-refractivity contribution in [2.24, 2.45) is 0 Å². The van der Waals surface area contributed by atoms with E-state index in [1.54, 1.807) is 0 Å². The van der Waals surface area contributed by atoms with Crippen LogP contribution in [0.25, 0.3) is 0 Å². The number of rotatable bonds is 3. The molecule has 0 unspecified atom stereocenters. The van der Waals surface area contributed by atoms with Gasteiger partial charge in [-0.15, -0.1) is 0 Å². The van der Waals surface area contributed by atoms with Gasteiger partial charge in [-0.1, -0.05) is 17.7 Å². The molecule has 1 aliphatic rings. The first kappa shape index (κ1) is 14.3. The van der Waals surface area contributed by atoms with E-state index in [0.717, 1.165) is 0 Å². The Kier molecular flexibility index (Phi) is 4.11. The molecule has 2 rings (SSSR count). The maximum atomic E-state index is 12.5. The summed E-state index contributed by atoms with van der Waals surface area (Å²) in [5, 5.41) is 18.4. The molecule has 0 aromatic heterocycles. The zero-order chi connectivity index (χ0) is 14.0. The molecule has 1 saturated heterocycles. The molecule has 0 amide bonds. The van der Waals surface area contributed by atoms with Crippen molar-refractivity contribution in [1.82, 2.24) is 4.31 Å². The predicted molar refractivity (Wildman–Crippen MR) is 70.2 cm³/mol. The fourth-order valence-electron chi connectivity index (χ4n) is 2.26. The molecule has 19 heavy (non-hydrogen) atoms. The highest BCUT2D eigenvalue weighted by molar-refractivity contribution is 7.89. The van der Waals surface area contributed by atoms with E-state index < -0.39 is 16.1 Å². The van der Waals surface area contributed by atoms with Gasteiger partial charge in [-0.2, -0.15) is 9.57 Å². The van der Waals surface area contributed by atoms with E-state index in [1.807, 2.05) is 6.07 Å². The van der Waals surface area contributed by atoms with Gasteiger partial charge in [-0.05, 0) is 25.0 Å². The minimum atomic E-state index is -3.80. The van der Waals surface area contributed by atoms with Crippen molar-refractivity contribution < 1.29 is 13.5 Å². The van der Waals surface area contributed by atoms with E-state index in [2.05, 4.69) is 0 Å².